The van der Waals surface area contributed by atoms with Gasteiger partial charge in [0.15, 0.2) is 0 Å². The summed E-state index contributed by atoms with van der Waals surface area (Å²) in [5, 5.41) is 3.11. The number of rotatable bonds is 5. The lowest BCUT2D eigenvalue weighted by molar-refractivity contribution is -0.141. The van der Waals surface area contributed by atoms with Crippen LogP contribution in [-0.4, -0.2) is 60.4 Å². The molecule has 2 fully saturated rings. The summed E-state index contributed by atoms with van der Waals surface area (Å²) in [6, 6.07) is 0.221. The first-order valence-corrected chi connectivity index (χ1v) is 8.43. The predicted octanol–water partition coefficient (Wildman–Crippen LogP) is 1.66. The Balaban J connectivity index is 0.00000242. The van der Waals surface area contributed by atoms with E-state index >= 15 is 0 Å². The van der Waals surface area contributed by atoms with Crippen molar-refractivity contribution >= 4 is 24.2 Å². The van der Waals surface area contributed by atoms with Gasteiger partial charge in [0.2, 0.25) is 11.8 Å². The Morgan fingerprint density at radius 3 is 2.68 bits per heavy atom. The Kier molecular flexibility index (Phi) is 8.18. The number of amides is 2. The minimum atomic E-state index is 0. The van der Waals surface area contributed by atoms with Crippen molar-refractivity contribution in [2.45, 2.75) is 52.0 Å². The maximum Gasteiger partial charge on any atom is 0.236 e. The lowest BCUT2D eigenvalue weighted by Crippen LogP contribution is -2.57. The molecule has 0 aromatic rings. The summed E-state index contributed by atoms with van der Waals surface area (Å²) < 4.78 is 0. The molecule has 1 atom stereocenters. The molecule has 2 saturated heterocycles. The summed E-state index contributed by atoms with van der Waals surface area (Å²) >= 11 is 0. The number of hydrogen-bond donors (Lipinski definition) is 1. The Hall–Kier alpha value is -0.810. The number of piperazine rings is 1. The minimum Gasteiger partial charge on any atom is -0.341 e. The lowest BCUT2D eigenvalue weighted by atomic mass is 9.97. The fourth-order valence-electron chi connectivity index (χ4n) is 3.40. The molecule has 2 amide bonds. The molecular formula is C16H30ClN3O2. The van der Waals surface area contributed by atoms with Crippen molar-refractivity contribution < 1.29 is 9.59 Å². The van der Waals surface area contributed by atoms with Crippen molar-refractivity contribution in [1.82, 2.24) is 15.1 Å². The molecule has 0 saturated carbocycles. The third-order valence-electron chi connectivity index (χ3n) is 4.93. The Labute approximate surface area is 140 Å². The highest BCUT2D eigenvalue weighted by molar-refractivity contribution is 5.85. The summed E-state index contributed by atoms with van der Waals surface area (Å²) in [6.45, 7) is 7.97. The van der Waals surface area contributed by atoms with Crippen LogP contribution in [0.2, 0.25) is 0 Å². The number of halogens is 1. The maximum atomic E-state index is 12.4. The minimum absolute atomic E-state index is 0. The van der Waals surface area contributed by atoms with E-state index in [4.69, 9.17) is 0 Å². The van der Waals surface area contributed by atoms with Crippen molar-refractivity contribution in [2.75, 3.05) is 32.7 Å². The van der Waals surface area contributed by atoms with Gasteiger partial charge in [0.1, 0.15) is 0 Å². The van der Waals surface area contributed by atoms with E-state index in [0.29, 0.717) is 18.9 Å². The van der Waals surface area contributed by atoms with Gasteiger partial charge in [-0.3, -0.25) is 9.59 Å². The van der Waals surface area contributed by atoms with Gasteiger partial charge in [0.05, 0.1) is 6.54 Å². The van der Waals surface area contributed by atoms with E-state index in [1.165, 1.54) is 0 Å². The normalized spacial score (nSPS) is 22.7. The van der Waals surface area contributed by atoms with Crippen molar-refractivity contribution in [2.24, 2.45) is 5.92 Å². The molecule has 1 N–H and O–H groups in total. The largest absolute Gasteiger partial charge is 0.341 e. The molecule has 2 aliphatic heterocycles. The smallest absolute Gasteiger partial charge is 0.236 e. The van der Waals surface area contributed by atoms with Gasteiger partial charge in [-0.2, -0.15) is 0 Å². The second-order valence-electron chi connectivity index (χ2n) is 6.29. The zero-order chi connectivity index (χ0) is 15.2. The molecule has 5 nitrogen and oxygen atoms in total. The first-order valence-electron chi connectivity index (χ1n) is 8.43. The Morgan fingerprint density at radius 1 is 1.32 bits per heavy atom. The summed E-state index contributed by atoms with van der Waals surface area (Å²) in [7, 11) is 0. The number of carbonyl (C=O) groups excluding carboxylic acids is 2. The third-order valence-corrected chi connectivity index (χ3v) is 4.93. The Morgan fingerprint density at radius 2 is 2.05 bits per heavy atom. The molecule has 0 radical (unpaired) electrons. The van der Waals surface area contributed by atoms with Gasteiger partial charge in [-0.15, -0.1) is 12.4 Å². The van der Waals surface area contributed by atoms with Gasteiger partial charge < -0.3 is 15.1 Å². The number of nitrogens with zero attached hydrogens (tertiary/aromatic N) is 2. The zero-order valence-electron chi connectivity index (χ0n) is 13.8. The number of hydrogen-bond acceptors (Lipinski definition) is 3. The van der Waals surface area contributed by atoms with Crippen molar-refractivity contribution in [3.05, 3.63) is 0 Å². The highest BCUT2D eigenvalue weighted by Gasteiger charge is 2.31. The molecule has 0 aromatic carbocycles. The van der Waals surface area contributed by atoms with Crippen LogP contribution in [0.4, 0.5) is 0 Å². The van der Waals surface area contributed by atoms with Gasteiger partial charge in [-0.25, -0.2) is 0 Å². The van der Waals surface area contributed by atoms with Crippen LogP contribution < -0.4 is 5.32 Å². The third kappa shape index (κ3) is 4.85. The zero-order valence-corrected chi connectivity index (χ0v) is 14.7. The number of likely N-dealkylation sites (tertiary alicyclic amines) is 1. The van der Waals surface area contributed by atoms with E-state index in [1.54, 1.807) is 0 Å². The van der Waals surface area contributed by atoms with Crippen LogP contribution in [0.3, 0.4) is 0 Å². The molecule has 0 aromatic heterocycles. The van der Waals surface area contributed by atoms with E-state index in [1.807, 2.05) is 9.80 Å². The second kappa shape index (κ2) is 9.36. The molecule has 2 rings (SSSR count). The van der Waals surface area contributed by atoms with Crippen LogP contribution in [0.15, 0.2) is 0 Å². The molecule has 0 bridgehead atoms. The summed E-state index contributed by atoms with van der Waals surface area (Å²) in [5.41, 5.74) is 0. The first kappa shape index (κ1) is 19.2. The molecule has 0 spiro atoms. The lowest BCUT2D eigenvalue weighted by Gasteiger charge is -2.41. The molecule has 2 heterocycles. The van der Waals surface area contributed by atoms with E-state index in [2.05, 4.69) is 19.2 Å². The maximum absolute atomic E-state index is 12.4. The monoisotopic (exact) mass is 331 g/mol. The molecule has 2 aliphatic rings. The summed E-state index contributed by atoms with van der Waals surface area (Å²) in [4.78, 5) is 28.4. The van der Waals surface area contributed by atoms with Crippen LogP contribution in [0.1, 0.15) is 46.0 Å². The van der Waals surface area contributed by atoms with Gasteiger partial charge in [-0.1, -0.05) is 26.7 Å². The summed E-state index contributed by atoms with van der Waals surface area (Å²) in [6.07, 6.45) is 4.83. The Bertz CT molecular complexity index is 374. The molecule has 1 unspecified atom stereocenters. The van der Waals surface area contributed by atoms with Gasteiger partial charge in [-0.05, 0) is 18.8 Å². The summed E-state index contributed by atoms with van der Waals surface area (Å²) in [5.74, 6) is 0.954. The highest BCUT2D eigenvalue weighted by Crippen LogP contribution is 2.20. The van der Waals surface area contributed by atoms with Crippen molar-refractivity contribution in [1.29, 1.82) is 0 Å². The molecular weight excluding hydrogens is 302 g/mol. The first-order chi connectivity index (χ1) is 10.2. The number of piperidine rings is 1. The van der Waals surface area contributed by atoms with E-state index < -0.39 is 0 Å². The van der Waals surface area contributed by atoms with E-state index in [0.717, 1.165) is 51.9 Å². The average molecular weight is 332 g/mol. The standard InChI is InChI=1S/C16H29N3O2.ClH/c1-3-13(4-2)10-15(20)18-8-5-6-14(12-18)19-9-7-17-11-16(19)21;/h13-14,17H,3-12H2,1-2H3;1H. The van der Waals surface area contributed by atoms with Gasteiger partial charge >= 0.3 is 0 Å². The molecule has 6 heteroatoms. The van der Waals surface area contributed by atoms with Crippen LogP contribution >= 0.6 is 12.4 Å². The number of carbonyl (C=O) groups is 2. The SMILES string of the molecule is CCC(CC)CC(=O)N1CCCC(N2CCNCC2=O)C1.Cl. The van der Waals surface area contributed by atoms with Crippen LogP contribution in [0, 0.1) is 5.92 Å². The van der Waals surface area contributed by atoms with Gasteiger partial charge in [0.25, 0.3) is 0 Å². The predicted molar refractivity (Wildman–Crippen MR) is 90.1 cm³/mol. The fraction of sp³-hybridized carbons (Fsp3) is 0.875. The quantitative estimate of drug-likeness (QED) is 0.833. The topological polar surface area (TPSA) is 52.7 Å². The van der Waals surface area contributed by atoms with Crippen LogP contribution in [-0.2, 0) is 9.59 Å². The molecule has 128 valence electrons. The average Bonchev–Trinajstić information content (AvgIpc) is 2.53. The van der Waals surface area contributed by atoms with Crippen molar-refractivity contribution in [3.8, 4) is 0 Å². The highest BCUT2D eigenvalue weighted by atomic mass is 35.5. The van der Waals surface area contributed by atoms with E-state index in [9.17, 15) is 9.59 Å². The molecule has 22 heavy (non-hydrogen) atoms. The van der Waals surface area contributed by atoms with Crippen LogP contribution in [0.5, 0.6) is 0 Å². The van der Waals surface area contributed by atoms with Crippen LogP contribution in [0.25, 0.3) is 0 Å². The van der Waals surface area contributed by atoms with Crippen molar-refractivity contribution in [3.63, 3.8) is 0 Å². The van der Waals surface area contributed by atoms with Gasteiger partial charge in [0, 0.05) is 38.6 Å². The second-order valence-corrected chi connectivity index (χ2v) is 6.29. The molecule has 0 aliphatic carbocycles. The number of nitrogens with one attached hydrogen (secondary N) is 1. The van der Waals surface area contributed by atoms with E-state index in [-0.39, 0.29) is 30.3 Å². The fourth-order valence-corrected chi connectivity index (χ4v) is 3.40.